The van der Waals surface area contributed by atoms with E-state index in [2.05, 4.69) is 33.4 Å². The third-order valence-corrected chi connectivity index (χ3v) is 8.47. The van der Waals surface area contributed by atoms with Crippen LogP contribution in [0.15, 0.2) is 24.0 Å². The monoisotopic (exact) mass is 238 g/mol. The lowest BCUT2D eigenvalue weighted by Crippen LogP contribution is -2.35. The molecule has 16 heavy (non-hydrogen) atoms. The van der Waals surface area contributed by atoms with Gasteiger partial charge in [0.1, 0.15) is 0 Å². The normalized spacial score (nSPS) is 16.8. The van der Waals surface area contributed by atoms with Crippen LogP contribution < -0.4 is 0 Å². The molecule has 1 aliphatic rings. The minimum atomic E-state index is -1.50. The molecule has 0 aromatic carbocycles. The van der Waals surface area contributed by atoms with Crippen molar-refractivity contribution in [1.29, 1.82) is 0 Å². The summed E-state index contributed by atoms with van der Waals surface area (Å²) < 4.78 is 6.30. The molecule has 0 aromatic rings. The summed E-state index contributed by atoms with van der Waals surface area (Å²) in [6.07, 6.45) is 7.32. The first-order valence-corrected chi connectivity index (χ1v) is 9.27. The van der Waals surface area contributed by atoms with Crippen LogP contribution >= 0.6 is 0 Å². The summed E-state index contributed by atoms with van der Waals surface area (Å²) in [6.45, 7) is 10.9. The van der Waals surface area contributed by atoms with Crippen molar-refractivity contribution in [1.82, 2.24) is 0 Å². The summed E-state index contributed by atoms with van der Waals surface area (Å²) in [6, 6.07) is 3.60. The molecule has 0 unspecified atom stereocenters. The maximum atomic E-state index is 6.30. The highest BCUT2D eigenvalue weighted by molar-refractivity contribution is 6.73. The molecule has 2 heteroatoms. The van der Waals surface area contributed by atoms with Crippen LogP contribution in [0.5, 0.6) is 0 Å². The number of hydrogen-bond donors (Lipinski definition) is 0. The zero-order valence-corrected chi connectivity index (χ0v) is 12.1. The molecule has 0 heterocycles. The molecule has 0 fully saturated rings. The van der Waals surface area contributed by atoms with Gasteiger partial charge in [-0.15, -0.1) is 0 Å². The molecule has 1 nitrogen and oxygen atoms in total. The summed E-state index contributed by atoms with van der Waals surface area (Å²) in [7, 11) is -1.50. The molecule has 1 aliphatic carbocycles. The largest absolute Gasteiger partial charge is 0.544 e. The van der Waals surface area contributed by atoms with Crippen molar-refractivity contribution in [2.75, 3.05) is 0 Å². The van der Waals surface area contributed by atoms with Crippen molar-refractivity contribution < 1.29 is 4.43 Å². The highest BCUT2D eigenvalue weighted by Gasteiger charge is 2.31. The van der Waals surface area contributed by atoms with E-state index in [1.807, 2.05) is 0 Å². The van der Waals surface area contributed by atoms with Crippen LogP contribution in [0.4, 0.5) is 0 Å². The average molecular weight is 238 g/mol. The van der Waals surface area contributed by atoms with E-state index >= 15 is 0 Å². The van der Waals surface area contributed by atoms with Gasteiger partial charge in [0.05, 0.1) is 5.76 Å². The minimum Gasteiger partial charge on any atom is -0.544 e. The molecule has 92 valence electrons. The quantitative estimate of drug-likeness (QED) is 0.466. The molecular weight excluding hydrogens is 212 g/mol. The van der Waals surface area contributed by atoms with Gasteiger partial charge < -0.3 is 4.43 Å². The van der Waals surface area contributed by atoms with Gasteiger partial charge in [-0.25, -0.2) is 0 Å². The second-order valence-corrected chi connectivity index (χ2v) is 9.44. The molecule has 0 N–H and O–H groups in total. The van der Waals surface area contributed by atoms with Gasteiger partial charge in [0.2, 0.25) is 8.32 Å². The van der Waals surface area contributed by atoms with Crippen LogP contribution in [0.2, 0.25) is 18.1 Å². The van der Waals surface area contributed by atoms with Crippen molar-refractivity contribution in [2.24, 2.45) is 0 Å². The Morgan fingerprint density at radius 3 is 2.31 bits per heavy atom. The van der Waals surface area contributed by atoms with Gasteiger partial charge in [0, 0.05) is 0 Å². The van der Waals surface area contributed by atoms with E-state index in [9.17, 15) is 0 Å². The van der Waals surface area contributed by atoms with Gasteiger partial charge >= 0.3 is 0 Å². The smallest absolute Gasteiger partial charge is 0.250 e. The third kappa shape index (κ3) is 3.24. The van der Waals surface area contributed by atoms with Crippen LogP contribution in [0.1, 0.15) is 46.5 Å². The molecule has 0 aliphatic heterocycles. The van der Waals surface area contributed by atoms with E-state index in [1.54, 1.807) is 0 Å². The van der Waals surface area contributed by atoms with Gasteiger partial charge in [-0.1, -0.05) is 33.4 Å². The number of hydrogen-bond acceptors (Lipinski definition) is 1. The van der Waals surface area contributed by atoms with Crippen molar-refractivity contribution in [3.63, 3.8) is 0 Å². The summed E-state index contributed by atoms with van der Waals surface area (Å²) in [5, 5.41) is 0. The molecule has 0 saturated carbocycles. The van der Waals surface area contributed by atoms with E-state index in [1.165, 1.54) is 49.4 Å². The summed E-state index contributed by atoms with van der Waals surface area (Å²) >= 11 is 0. The first-order valence-electron chi connectivity index (χ1n) is 6.74. The van der Waals surface area contributed by atoms with Crippen molar-refractivity contribution in [3.8, 4) is 0 Å². The fourth-order valence-electron chi connectivity index (χ4n) is 2.38. The van der Waals surface area contributed by atoms with E-state index < -0.39 is 8.32 Å². The molecule has 1 rings (SSSR count). The standard InChI is InChI=1S/C14H26OSi/c1-5-16(6-2,7-3)15-13(4)14-11-9-8-10-12-14/h11H,4-10,12H2,1-3H3. The zero-order chi connectivity index (χ0) is 12.0. The Morgan fingerprint density at radius 1 is 1.25 bits per heavy atom. The molecule has 0 atom stereocenters. The maximum absolute atomic E-state index is 6.30. The Bertz CT molecular complexity index is 256. The van der Waals surface area contributed by atoms with Gasteiger partial charge in [-0.05, 0) is 49.4 Å². The van der Waals surface area contributed by atoms with Crippen LogP contribution in [0.25, 0.3) is 0 Å². The molecule has 0 radical (unpaired) electrons. The lowest BCUT2D eigenvalue weighted by atomic mass is 9.99. The first kappa shape index (κ1) is 13.6. The van der Waals surface area contributed by atoms with E-state index in [0.29, 0.717) is 0 Å². The van der Waals surface area contributed by atoms with Crippen LogP contribution in [0.3, 0.4) is 0 Å². The van der Waals surface area contributed by atoms with Crippen molar-refractivity contribution in [2.45, 2.75) is 64.6 Å². The minimum absolute atomic E-state index is 0.983. The summed E-state index contributed by atoms with van der Waals surface area (Å²) in [4.78, 5) is 0. The zero-order valence-electron chi connectivity index (χ0n) is 11.1. The molecule has 0 aromatic heterocycles. The predicted molar refractivity (Wildman–Crippen MR) is 74.0 cm³/mol. The first-order chi connectivity index (χ1) is 7.67. The Balaban J connectivity index is 2.64. The fourth-order valence-corrected chi connectivity index (χ4v) is 4.97. The third-order valence-electron chi connectivity index (χ3n) is 3.92. The van der Waals surface area contributed by atoms with Gasteiger partial charge in [0.15, 0.2) is 0 Å². The summed E-state index contributed by atoms with van der Waals surface area (Å²) in [5.74, 6) is 0.983. The van der Waals surface area contributed by atoms with E-state index in [-0.39, 0.29) is 0 Å². The average Bonchev–Trinajstić information content (AvgIpc) is 2.37. The van der Waals surface area contributed by atoms with Crippen molar-refractivity contribution >= 4 is 8.32 Å². The van der Waals surface area contributed by atoms with Crippen molar-refractivity contribution in [3.05, 3.63) is 24.0 Å². The molecule has 0 saturated heterocycles. The Morgan fingerprint density at radius 2 is 1.88 bits per heavy atom. The van der Waals surface area contributed by atoms with E-state index in [0.717, 1.165) is 5.76 Å². The SMILES string of the molecule is C=C(O[Si](CC)(CC)CC)C1=CCCCC1. The molecular formula is C14H26OSi. The van der Waals surface area contributed by atoms with E-state index in [4.69, 9.17) is 4.43 Å². The van der Waals surface area contributed by atoms with Crippen LogP contribution in [-0.2, 0) is 4.43 Å². The Labute approximate surface area is 102 Å². The predicted octanol–water partition coefficient (Wildman–Crippen LogP) is 5.02. The second kappa shape index (κ2) is 6.29. The highest BCUT2D eigenvalue weighted by atomic mass is 28.4. The van der Waals surface area contributed by atoms with Crippen LogP contribution in [-0.4, -0.2) is 8.32 Å². The lowest BCUT2D eigenvalue weighted by molar-refractivity contribution is 0.409. The molecule has 0 amide bonds. The van der Waals surface area contributed by atoms with Gasteiger partial charge in [0.25, 0.3) is 0 Å². The van der Waals surface area contributed by atoms with Gasteiger partial charge in [-0.2, -0.15) is 0 Å². The Kier molecular flexibility index (Phi) is 5.33. The topological polar surface area (TPSA) is 9.23 Å². The number of rotatable bonds is 6. The second-order valence-electron chi connectivity index (χ2n) is 4.74. The van der Waals surface area contributed by atoms with Crippen LogP contribution in [0, 0.1) is 0 Å². The fraction of sp³-hybridized carbons (Fsp3) is 0.714. The Hall–Kier alpha value is -0.503. The lowest BCUT2D eigenvalue weighted by Gasteiger charge is -2.31. The summed E-state index contributed by atoms with van der Waals surface area (Å²) in [5.41, 5.74) is 1.37. The number of allylic oxidation sites excluding steroid dienone is 2. The highest BCUT2D eigenvalue weighted by Crippen LogP contribution is 2.30. The maximum Gasteiger partial charge on any atom is 0.250 e. The van der Waals surface area contributed by atoms with Gasteiger partial charge in [-0.3, -0.25) is 0 Å². The molecule has 0 spiro atoms. The molecule has 0 bridgehead atoms.